The minimum absolute atomic E-state index is 0.177. The summed E-state index contributed by atoms with van der Waals surface area (Å²) in [4.78, 5) is 0. The van der Waals surface area contributed by atoms with E-state index in [2.05, 4.69) is 0 Å². The lowest BCUT2D eigenvalue weighted by Gasteiger charge is -2.17. The zero-order valence-corrected chi connectivity index (χ0v) is 17.2. The van der Waals surface area contributed by atoms with E-state index in [1.807, 2.05) is 0 Å². The number of hydrogen-bond acceptors (Lipinski definition) is 5. The van der Waals surface area contributed by atoms with Gasteiger partial charge in [-0.05, 0) is 23.8 Å². The van der Waals surface area contributed by atoms with Crippen LogP contribution in [-0.4, -0.2) is 0 Å². The number of nitriles is 5. The third kappa shape index (κ3) is 5.15. The molecule has 0 aliphatic rings. The Morgan fingerprint density at radius 2 is 1.03 bits per heavy atom. The van der Waals surface area contributed by atoms with Crippen LogP contribution in [0.25, 0.3) is 11.1 Å². The monoisotopic (exact) mass is 527 g/mol. The van der Waals surface area contributed by atoms with Gasteiger partial charge in [0, 0.05) is 10.4 Å². The highest BCUT2D eigenvalue weighted by atomic mass is 19.4. The van der Waals surface area contributed by atoms with Gasteiger partial charge in [-0.25, -0.2) is 4.39 Å². The Morgan fingerprint density at radius 1 is 0.595 bits per heavy atom. The summed E-state index contributed by atoms with van der Waals surface area (Å²) in [5, 5.41) is 42.4. The Labute approximate surface area is 198 Å². The molecule has 0 amide bonds. The zero-order chi connectivity index (χ0) is 28.5. The van der Waals surface area contributed by atoms with Crippen LogP contribution in [0.15, 0.2) is 18.2 Å². The summed E-state index contributed by atoms with van der Waals surface area (Å²) in [6.45, 7) is 0. The van der Waals surface area contributed by atoms with Crippen LogP contribution in [0, 0.1) is 62.5 Å². The molecule has 0 unspecified atom stereocenters. The van der Waals surface area contributed by atoms with Gasteiger partial charge < -0.3 is 0 Å². The van der Waals surface area contributed by atoms with Gasteiger partial charge in [0.05, 0.1) is 33.4 Å². The van der Waals surface area contributed by atoms with Crippen molar-refractivity contribution in [1.82, 2.24) is 0 Å². The van der Waals surface area contributed by atoms with Crippen molar-refractivity contribution in [3.8, 4) is 30.3 Å². The number of alkyl halides is 9. The van der Waals surface area contributed by atoms with Gasteiger partial charge in [0.15, 0.2) is 5.82 Å². The van der Waals surface area contributed by atoms with E-state index in [4.69, 9.17) is 15.8 Å². The molecule has 0 saturated carbocycles. The van der Waals surface area contributed by atoms with E-state index in [1.54, 1.807) is 0 Å². The molecule has 5 nitrogen and oxygen atoms in total. The van der Waals surface area contributed by atoms with Crippen molar-refractivity contribution in [2.24, 2.45) is 0 Å². The van der Waals surface area contributed by atoms with Gasteiger partial charge in [-0.1, -0.05) is 0 Å². The Morgan fingerprint density at radius 3 is 1.35 bits per heavy atom. The standard InChI is InChI=1S/C22H3F10N5/c23-19-11(10(4-33)5-34)3-17(22(30,31)32)18(14(19)8-37)12(6-35)9-1-15(20(24,25)26)13(7-36)16(2-9)21(27,28)29/h1-3H/b18-12+. The van der Waals surface area contributed by atoms with Crippen LogP contribution in [0.3, 0.4) is 0 Å². The number of hydrogen-bond donors (Lipinski definition) is 0. The summed E-state index contributed by atoms with van der Waals surface area (Å²) in [6.07, 6.45) is -16.9. The van der Waals surface area contributed by atoms with E-state index < -0.39 is 79.3 Å². The lowest BCUT2D eigenvalue weighted by Crippen LogP contribution is -2.31. The minimum Gasteiger partial charge on any atom is -0.205 e. The SMILES string of the molecule is N#CC(C#N)=c1cc(C(F)(F)F)/c(=C(\C#N)c2cc(C(F)(F)F)c(C#N)c(C(F)(F)F)c2)c(C#N)c1F. The molecule has 0 aliphatic heterocycles. The molecule has 0 radical (unpaired) electrons. The molecule has 186 valence electrons. The van der Waals surface area contributed by atoms with Gasteiger partial charge in [0.1, 0.15) is 35.9 Å². The second kappa shape index (κ2) is 9.53. The Bertz CT molecular complexity index is 1590. The summed E-state index contributed by atoms with van der Waals surface area (Å²) in [7, 11) is 0. The highest BCUT2D eigenvalue weighted by molar-refractivity contribution is 5.81. The van der Waals surface area contributed by atoms with Gasteiger partial charge in [0.25, 0.3) is 0 Å². The first kappa shape index (κ1) is 28.2. The van der Waals surface area contributed by atoms with E-state index in [1.165, 1.54) is 0 Å². The summed E-state index contributed by atoms with van der Waals surface area (Å²) >= 11 is 0. The summed E-state index contributed by atoms with van der Waals surface area (Å²) in [5.74, 6) is -1.96. The molecule has 0 saturated heterocycles. The van der Waals surface area contributed by atoms with E-state index >= 15 is 0 Å². The lowest BCUT2D eigenvalue weighted by atomic mass is 9.90. The van der Waals surface area contributed by atoms with Crippen molar-refractivity contribution in [3.63, 3.8) is 0 Å². The first-order chi connectivity index (χ1) is 17.0. The highest BCUT2D eigenvalue weighted by Crippen LogP contribution is 2.41. The van der Waals surface area contributed by atoms with Gasteiger partial charge in [-0.15, -0.1) is 0 Å². The minimum atomic E-state index is -5.66. The third-order valence-electron chi connectivity index (χ3n) is 4.69. The molecule has 0 spiro atoms. The van der Waals surface area contributed by atoms with Crippen LogP contribution in [0.4, 0.5) is 43.9 Å². The smallest absolute Gasteiger partial charge is 0.205 e. The fourth-order valence-electron chi connectivity index (χ4n) is 3.19. The molecular weight excluding hydrogens is 524 g/mol. The van der Waals surface area contributed by atoms with Crippen LogP contribution in [0.2, 0.25) is 0 Å². The Hall–Kier alpha value is -5.07. The number of halogens is 10. The Kier molecular flexibility index (Phi) is 7.25. The van der Waals surface area contributed by atoms with E-state index in [0.29, 0.717) is 6.07 Å². The fraction of sp³-hybridized carbons (Fsp3) is 0.136. The van der Waals surface area contributed by atoms with Crippen LogP contribution in [0.1, 0.15) is 33.4 Å². The quantitative estimate of drug-likeness (QED) is 0.505. The van der Waals surface area contributed by atoms with Crippen LogP contribution in [-0.2, 0) is 18.5 Å². The summed E-state index contributed by atoms with van der Waals surface area (Å²) < 4.78 is 138. The van der Waals surface area contributed by atoms with Gasteiger partial charge >= 0.3 is 18.5 Å². The molecule has 2 aromatic rings. The third-order valence-corrected chi connectivity index (χ3v) is 4.69. The number of benzene rings is 2. The van der Waals surface area contributed by atoms with Crippen molar-refractivity contribution in [1.29, 1.82) is 26.3 Å². The molecule has 0 fully saturated rings. The predicted octanol–water partition coefficient (Wildman–Crippen LogP) is 4.55. The average Bonchev–Trinajstić information content (AvgIpc) is 2.79. The van der Waals surface area contributed by atoms with Crippen LogP contribution < -0.4 is 10.4 Å². The zero-order valence-electron chi connectivity index (χ0n) is 17.2. The molecule has 15 heteroatoms. The normalized spacial score (nSPS) is 12.4. The predicted molar refractivity (Wildman–Crippen MR) is 99.3 cm³/mol. The molecule has 0 heterocycles. The fourth-order valence-corrected chi connectivity index (χ4v) is 3.19. The number of nitrogens with zero attached hydrogens (tertiary/aromatic N) is 5. The molecule has 0 aromatic heterocycles. The largest absolute Gasteiger partial charge is 0.417 e. The van der Waals surface area contributed by atoms with Crippen LogP contribution in [0.5, 0.6) is 0 Å². The van der Waals surface area contributed by atoms with Crippen molar-refractivity contribution in [2.75, 3.05) is 0 Å². The van der Waals surface area contributed by atoms with E-state index in [-0.39, 0.29) is 18.2 Å². The molecule has 0 aliphatic carbocycles. The molecule has 2 rings (SSSR count). The second-order valence-corrected chi connectivity index (χ2v) is 6.78. The first-order valence-electron chi connectivity index (χ1n) is 8.99. The van der Waals surface area contributed by atoms with Gasteiger partial charge in [-0.3, -0.25) is 0 Å². The molecule has 0 N–H and O–H groups in total. The van der Waals surface area contributed by atoms with Gasteiger partial charge in [0.2, 0.25) is 0 Å². The second-order valence-electron chi connectivity index (χ2n) is 6.78. The maximum atomic E-state index is 15.0. The Balaban J connectivity index is 3.45. The maximum absolute atomic E-state index is 15.0. The molecule has 2 aromatic carbocycles. The molecule has 37 heavy (non-hydrogen) atoms. The summed E-state index contributed by atoms with van der Waals surface area (Å²) in [6, 6.07) is 4.16. The molecular formula is C22H3F10N5. The molecule has 0 atom stereocenters. The van der Waals surface area contributed by atoms with Gasteiger partial charge in [-0.2, -0.15) is 65.8 Å². The van der Waals surface area contributed by atoms with Crippen molar-refractivity contribution in [3.05, 3.63) is 67.8 Å². The van der Waals surface area contributed by atoms with Crippen molar-refractivity contribution in [2.45, 2.75) is 18.5 Å². The van der Waals surface area contributed by atoms with Crippen molar-refractivity contribution >= 4 is 11.1 Å². The van der Waals surface area contributed by atoms with Crippen molar-refractivity contribution < 1.29 is 43.9 Å². The van der Waals surface area contributed by atoms with E-state index in [9.17, 15) is 54.4 Å². The summed E-state index contributed by atoms with van der Waals surface area (Å²) in [5.41, 5.74) is -14.6. The first-order valence-corrected chi connectivity index (χ1v) is 8.99. The highest BCUT2D eigenvalue weighted by Gasteiger charge is 2.42. The topological polar surface area (TPSA) is 119 Å². The molecule has 0 bridgehead atoms. The van der Waals surface area contributed by atoms with Crippen LogP contribution >= 0.6 is 0 Å². The van der Waals surface area contributed by atoms with E-state index in [0.717, 1.165) is 24.3 Å². The lowest BCUT2D eigenvalue weighted by molar-refractivity contribution is -0.143. The average molecular weight is 527 g/mol. The number of rotatable bonds is 1. The maximum Gasteiger partial charge on any atom is 0.417 e.